The first-order valence-corrected chi connectivity index (χ1v) is 7.16. The number of hydrogen-bond acceptors (Lipinski definition) is 2. The summed E-state index contributed by atoms with van der Waals surface area (Å²) in [7, 11) is 1.80. The van der Waals surface area contributed by atoms with Crippen LogP contribution in [0, 0.1) is 16.7 Å². The predicted molar refractivity (Wildman–Crippen MR) is 80.9 cm³/mol. The zero-order valence-corrected chi connectivity index (χ0v) is 13.3. The molecule has 1 aromatic carbocycles. The monoisotopic (exact) mass is 289 g/mol. The Morgan fingerprint density at radius 3 is 1.95 bits per heavy atom. The molecule has 1 aliphatic rings. The van der Waals surface area contributed by atoms with Crippen molar-refractivity contribution in [3.63, 3.8) is 0 Å². The molecule has 0 unspecified atom stereocenters. The number of amides is 1. The Morgan fingerprint density at radius 2 is 1.57 bits per heavy atom. The minimum absolute atomic E-state index is 0.0332. The SMILES string of the molecule is CN(Cc1ccc(C(=O)O)cc1)C(=O)C1C(C)(C)C1(C)C. The largest absolute Gasteiger partial charge is 0.478 e. The molecule has 0 radical (unpaired) electrons. The minimum Gasteiger partial charge on any atom is -0.478 e. The van der Waals surface area contributed by atoms with Gasteiger partial charge in [-0.25, -0.2) is 4.79 Å². The molecule has 0 aliphatic heterocycles. The Morgan fingerprint density at radius 1 is 1.10 bits per heavy atom. The van der Waals surface area contributed by atoms with E-state index in [9.17, 15) is 9.59 Å². The lowest BCUT2D eigenvalue weighted by atomic mass is 10.0. The van der Waals surface area contributed by atoms with Gasteiger partial charge >= 0.3 is 5.97 Å². The molecular weight excluding hydrogens is 266 g/mol. The Bertz CT molecular complexity index is 558. The molecule has 1 fully saturated rings. The van der Waals surface area contributed by atoms with Gasteiger partial charge in [-0.15, -0.1) is 0 Å². The highest BCUT2D eigenvalue weighted by Gasteiger charge is 2.68. The fourth-order valence-corrected chi connectivity index (χ4v) is 3.14. The molecule has 2 rings (SSSR count). The summed E-state index contributed by atoms with van der Waals surface area (Å²) in [5, 5.41) is 8.88. The van der Waals surface area contributed by atoms with Crippen LogP contribution in [0.3, 0.4) is 0 Å². The number of carboxylic acids is 1. The van der Waals surface area contributed by atoms with Gasteiger partial charge in [0.1, 0.15) is 0 Å². The van der Waals surface area contributed by atoms with Crippen molar-refractivity contribution in [1.29, 1.82) is 0 Å². The molecule has 0 bridgehead atoms. The van der Waals surface area contributed by atoms with Gasteiger partial charge in [0, 0.05) is 19.5 Å². The van der Waals surface area contributed by atoms with Crippen molar-refractivity contribution in [1.82, 2.24) is 4.90 Å². The average molecular weight is 289 g/mol. The molecule has 114 valence electrons. The maximum absolute atomic E-state index is 12.5. The van der Waals surface area contributed by atoms with E-state index in [0.29, 0.717) is 6.54 Å². The summed E-state index contributed by atoms with van der Waals surface area (Å²) in [5.41, 5.74) is 1.26. The van der Waals surface area contributed by atoms with Crippen molar-refractivity contribution in [3.05, 3.63) is 35.4 Å². The van der Waals surface area contributed by atoms with E-state index >= 15 is 0 Å². The van der Waals surface area contributed by atoms with Crippen LogP contribution in [-0.2, 0) is 11.3 Å². The van der Waals surface area contributed by atoms with Crippen molar-refractivity contribution in [3.8, 4) is 0 Å². The Kier molecular flexibility index (Phi) is 3.60. The third-order valence-corrected chi connectivity index (χ3v) is 5.26. The maximum Gasteiger partial charge on any atom is 0.335 e. The molecule has 21 heavy (non-hydrogen) atoms. The molecule has 4 heteroatoms. The number of benzene rings is 1. The van der Waals surface area contributed by atoms with Gasteiger partial charge in [-0.3, -0.25) is 4.79 Å². The van der Waals surface area contributed by atoms with Crippen molar-refractivity contribution in [2.75, 3.05) is 7.05 Å². The fourth-order valence-electron chi connectivity index (χ4n) is 3.14. The second-order valence-electron chi connectivity index (χ2n) is 7.07. The molecule has 0 saturated heterocycles. The van der Waals surface area contributed by atoms with E-state index in [2.05, 4.69) is 27.7 Å². The van der Waals surface area contributed by atoms with Crippen LogP contribution >= 0.6 is 0 Å². The standard InChI is InChI=1S/C17H23NO3/c1-16(2)13(17(16,3)4)14(19)18(5)10-11-6-8-12(9-7-11)15(20)21/h6-9,13H,10H2,1-5H3,(H,20,21). The molecule has 1 amide bonds. The van der Waals surface area contributed by atoms with E-state index in [0.717, 1.165) is 5.56 Å². The highest BCUT2D eigenvalue weighted by molar-refractivity contribution is 5.87. The number of carbonyl (C=O) groups is 2. The Balaban J connectivity index is 2.04. The second-order valence-corrected chi connectivity index (χ2v) is 7.07. The first kappa shape index (κ1) is 15.5. The zero-order chi connectivity index (χ0) is 16.0. The van der Waals surface area contributed by atoms with Crippen molar-refractivity contribution in [2.45, 2.75) is 34.2 Å². The van der Waals surface area contributed by atoms with Crippen LogP contribution in [-0.4, -0.2) is 28.9 Å². The number of carbonyl (C=O) groups excluding carboxylic acids is 1. The van der Waals surface area contributed by atoms with E-state index in [1.807, 2.05) is 0 Å². The topological polar surface area (TPSA) is 57.6 Å². The smallest absolute Gasteiger partial charge is 0.335 e. The number of hydrogen-bond donors (Lipinski definition) is 1. The van der Waals surface area contributed by atoms with Crippen molar-refractivity contribution < 1.29 is 14.7 Å². The third-order valence-electron chi connectivity index (χ3n) is 5.26. The van der Waals surface area contributed by atoms with Gasteiger partial charge in [0.15, 0.2) is 0 Å². The van der Waals surface area contributed by atoms with Gasteiger partial charge in [-0.05, 0) is 28.5 Å². The molecule has 0 atom stereocenters. The molecule has 4 nitrogen and oxygen atoms in total. The van der Waals surface area contributed by atoms with Gasteiger partial charge < -0.3 is 10.0 Å². The van der Waals surface area contributed by atoms with Gasteiger partial charge in [-0.2, -0.15) is 0 Å². The fraction of sp³-hybridized carbons (Fsp3) is 0.529. The van der Waals surface area contributed by atoms with Gasteiger partial charge in [-0.1, -0.05) is 39.8 Å². The molecule has 0 spiro atoms. The molecule has 1 saturated carbocycles. The summed E-state index contributed by atoms with van der Waals surface area (Å²) >= 11 is 0. The normalized spacial score (nSPS) is 19.1. The quantitative estimate of drug-likeness (QED) is 0.927. The van der Waals surface area contributed by atoms with E-state index in [1.165, 1.54) is 0 Å². The van der Waals surface area contributed by atoms with E-state index < -0.39 is 5.97 Å². The molecule has 1 N–H and O–H groups in total. The summed E-state index contributed by atoms with van der Waals surface area (Å²) < 4.78 is 0. The number of aromatic carboxylic acids is 1. The van der Waals surface area contributed by atoms with Crippen LogP contribution in [0.1, 0.15) is 43.6 Å². The Hall–Kier alpha value is -1.84. The summed E-state index contributed by atoms with van der Waals surface area (Å²) in [5.74, 6) is -0.729. The highest BCUT2D eigenvalue weighted by atomic mass is 16.4. The Labute approximate surface area is 125 Å². The van der Waals surface area contributed by atoms with Crippen LogP contribution < -0.4 is 0 Å². The summed E-state index contributed by atoms with van der Waals surface area (Å²) in [4.78, 5) is 25.1. The third kappa shape index (κ3) is 2.55. The van der Waals surface area contributed by atoms with Gasteiger partial charge in [0.2, 0.25) is 5.91 Å². The van der Waals surface area contributed by atoms with Crippen molar-refractivity contribution >= 4 is 11.9 Å². The van der Waals surface area contributed by atoms with Gasteiger partial charge in [0.05, 0.1) is 5.56 Å². The van der Waals surface area contributed by atoms with Crippen LogP contribution in [0.4, 0.5) is 0 Å². The maximum atomic E-state index is 12.5. The number of carboxylic acid groups (broad SMARTS) is 1. The molecule has 0 aromatic heterocycles. The second kappa shape index (κ2) is 4.86. The first-order chi connectivity index (χ1) is 9.59. The van der Waals surface area contributed by atoms with E-state index in [4.69, 9.17) is 5.11 Å². The lowest BCUT2D eigenvalue weighted by Gasteiger charge is -2.18. The summed E-state index contributed by atoms with van der Waals surface area (Å²) in [6, 6.07) is 6.66. The summed E-state index contributed by atoms with van der Waals surface area (Å²) in [6.07, 6.45) is 0. The first-order valence-electron chi connectivity index (χ1n) is 7.16. The molecule has 1 aliphatic carbocycles. The summed E-state index contributed by atoms with van der Waals surface area (Å²) in [6.45, 7) is 9.02. The van der Waals surface area contributed by atoms with Crippen LogP contribution in [0.2, 0.25) is 0 Å². The number of rotatable bonds is 4. The zero-order valence-electron chi connectivity index (χ0n) is 13.3. The van der Waals surface area contributed by atoms with E-state index in [1.54, 1.807) is 36.2 Å². The van der Waals surface area contributed by atoms with E-state index in [-0.39, 0.29) is 28.2 Å². The minimum atomic E-state index is -0.938. The molecule has 0 heterocycles. The van der Waals surface area contributed by atoms with Crippen LogP contribution in [0.25, 0.3) is 0 Å². The lowest BCUT2D eigenvalue weighted by Crippen LogP contribution is -2.29. The molecule has 1 aromatic rings. The van der Waals surface area contributed by atoms with Crippen molar-refractivity contribution in [2.24, 2.45) is 16.7 Å². The molecular formula is C17H23NO3. The van der Waals surface area contributed by atoms with Gasteiger partial charge in [0.25, 0.3) is 0 Å². The highest BCUT2D eigenvalue weighted by Crippen LogP contribution is 2.68. The predicted octanol–water partition coefficient (Wildman–Crippen LogP) is 3.03. The number of nitrogens with zero attached hydrogens (tertiary/aromatic N) is 1. The van der Waals surface area contributed by atoms with Crippen LogP contribution in [0.15, 0.2) is 24.3 Å². The van der Waals surface area contributed by atoms with Crippen LogP contribution in [0.5, 0.6) is 0 Å². The lowest BCUT2D eigenvalue weighted by molar-refractivity contribution is -0.133. The average Bonchev–Trinajstić information content (AvgIpc) is 2.79.